The Kier molecular flexibility index (Phi) is 5.05. The number of carbonyl (C=O) groups excluding carboxylic acids is 2. The highest BCUT2D eigenvalue weighted by Crippen LogP contribution is 2.38. The zero-order chi connectivity index (χ0) is 22.4. The number of hydrogen-bond acceptors (Lipinski definition) is 5. The molecule has 32 heavy (non-hydrogen) atoms. The van der Waals surface area contributed by atoms with Crippen LogP contribution in [0.3, 0.4) is 0 Å². The predicted octanol–water partition coefficient (Wildman–Crippen LogP) is 4.91. The first kappa shape index (κ1) is 20.4. The van der Waals surface area contributed by atoms with E-state index in [1.807, 2.05) is 4.90 Å². The summed E-state index contributed by atoms with van der Waals surface area (Å²) >= 11 is 1.30. The molecule has 2 amide bonds. The molecule has 4 aromatic rings. The fourth-order valence-electron chi connectivity index (χ4n) is 4.11. The van der Waals surface area contributed by atoms with Crippen LogP contribution in [-0.2, 0) is 0 Å². The Balaban J connectivity index is 1.52. The molecule has 0 radical (unpaired) electrons. The first-order valence-electron chi connectivity index (χ1n) is 10.4. The van der Waals surface area contributed by atoms with Gasteiger partial charge in [0.15, 0.2) is 11.6 Å². The van der Waals surface area contributed by atoms with E-state index in [0.29, 0.717) is 37.4 Å². The van der Waals surface area contributed by atoms with E-state index in [0.717, 1.165) is 25.9 Å². The Morgan fingerprint density at radius 1 is 1.16 bits per heavy atom. The van der Waals surface area contributed by atoms with Gasteiger partial charge in [-0.15, -0.1) is 11.3 Å². The number of hydrogen-bond donors (Lipinski definition) is 1. The van der Waals surface area contributed by atoms with Gasteiger partial charge in [-0.05, 0) is 44.0 Å². The van der Waals surface area contributed by atoms with E-state index in [9.17, 15) is 9.59 Å². The number of ether oxygens (including phenoxy) is 1. The van der Waals surface area contributed by atoms with E-state index in [-0.39, 0.29) is 17.7 Å². The largest absolute Gasteiger partial charge is 0.453 e. The van der Waals surface area contributed by atoms with Crippen LogP contribution in [-0.4, -0.2) is 46.5 Å². The summed E-state index contributed by atoms with van der Waals surface area (Å²) in [6, 6.07) is 7.87. The standard InChI is InChI=1S/C23H21FN4O3S/c1-13-11-14-16(28(13)23(30)25-2)5-6-17(20(14)24)31-18-7-8-26-15-12-19(32-21(15)18)22(29)27-9-3-4-10-27/h5-8,11-12H,3-4,9-10H2,1-2H3,(H,25,30). The van der Waals surface area contributed by atoms with E-state index in [1.54, 1.807) is 37.4 Å². The van der Waals surface area contributed by atoms with E-state index in [2.05, 4.69) is 10.3 Å². The van der Waals surface area contributed by atoms with Crippen LogP contribution >= 0.6 is 11.3 Å². The van der Waals surface area contributed by atoms with E-state index in [4.69, 9.17) is 4.74 Å². The highest BCUT2D eigenvalue weighted by atomic mass is 32.1. The topological polar surface area (TPSA) is 76.5 Å². The number of aryl methyl sites for hydroxylation is 1. The molecule has 4 heterocycles. The molecule has 0 bridgehead atoms. The van der Waals surface area contributed by atoms with Gasteiger partial charge in [-0.2, -0.15) is 0 Å². The number of aromatic nitrogens is 2. The van der Waals surface area contributed by atoms with Crippen molar-refractivity contribution in [2.24, 2.45) is 0 Å². The molecule has 164 valence electrons. The second kappa shape index (κ2) is 7.90. The minimum atomic E-state index is -0.553. The highest BCUT2D eigenvalue weighted by molar-refractivity contribution is 7.21. The molecule has 7 nitrogen and oxygen atoms in total. The Morgan fingerprint density at radius 2 is 1.94 bits per heavy atom. The molecule has 1 aliphatic heterocycles. The Morgan fingerprint density at radius 3 is 2.69 bits per heavy atom. The molecule has 3 aromatic heterocycles. The Labute approximate surface area is 187 Å². The molecular formula is C23H21FN4O3S. The number of rotatable bonds is 3. The number of likely N-dealkylation sites (tertiary alicyclic amines) is 1. The lowest BCUT2D eigenvalue weighted by Gasteiger charge is -2.13. The maximum absolute atomic E-state index is 15.3. The van der Waals surface area contributed by atoms with Crippen LogP contribution < -0.4 is 10.1 Å². The van der Waals surface area contributed by atoms with Gasteiger partial charge in [-0.25, -0.2) is 9.18 Å². The van der Waals surface area contributed by atoms with Gasteiger partial charge in [0.25, 0.3) is 5.91 Å². The number of amides is 2. The van der Waals surface area contributed by atoms with Crippen molar-refractivity contribution in [3.63, 3.8) is 0 Å². The van der Waals surface area contributed by atoms with Crippen LogP contribution in [0.1, 0.15) is 28.2 Å². The van der Waals surface area contributed by atoms with Crippen molar-refractivity contribution in [2.45, 2.75) is 19.8 Å². The third-order valence-electron chi connectivity index (χ3n) is 5.68. The molecule has 0 aliphatic carbocycles. The minimum absolute atomic E-state index is 0.00457. The van der Waals surface area contributed by atoms with Gasteiger partial charge < -0.3 is 15.0 Å². The Hall–Kier alpha value is -3.46. The summed E-state index contributed by atoms with van der Waals surface area (Å²) in [5.41, 5.74) is 1.71. The molecular weight excluding hydrogens is 431 g/mol. The van der Waals surface area contributed by atoms with Gasteiger partial charge >= 0.3 is 6.03 Å². The molecule has 0 atom stereocenters. The molecule has 0 unspecified atom stereocenters. The van der Waals surface area contributed by atoms with Crippen molar-refractivity contribution >= 4 is 44.4 Å². The second-order valence-electron chi connectivity index (χ2n) is 7.72. The molecule has 9 heteroatoms. The number of benzene rings is 1. The minimum Gasteiger partial charge on any atom is -0.453 e. The van der Waals surface area contributed by atoms with Crippen molar-refractivity contribution in [3.8, 4) is 11.5 Å². The van der Waals surface area contributed by atoms with Crippen LogP contribution in [0, 0.1) is 12.7 Å². The number of thiophene rings is 1. The van der Waals surface area contributed by atoms with Crippen molar-refractivity contribution in [1.82, 2.24) is 19.8 Å². The predicted molar refractivity (Wildman–Crippen MR) is 121 cm³/mol. The number of pyridine rings is 1. The van der Waals surface area contributed by atoms with E-state index < -0.39 is 5.82 Å². The summed E-state index contributed by atoms with van der Waals surface area (Å²) in [7, 11) is 1.53. The highest BCUT2D eigenvalue weighted by Gasteiger charge is 2.23. The fourth-order valence-corrected chi connectivity index (χ4v) is 5.15. The van der Waals surface area contributed by atoms with Crippen molar-refractivity contribution in [3.05, 3.63) is 52.9 Å². The summed E-state index contributed by atoms with van der Waals surface area (Å²) < 4.78 is 23.4. The van der Waals surface area contributed by atoms with Crippen molar-refractivity contribution in [1.29, 1.82) is 0 Å². The number of halogens is 1. The SMILES string of the molecule is CNC(=O)n1c(C)cc2c(F)c(Oc3ccnc4cc(C(=O)N5CCCC5)sc34)ccc21. The summed E-state index contributed by atoms with van der Waals surface area (Å²) in [5, 5.41) is 2.86. The summed E-state index contributed by atoms with van der Waals surface area (Å²) in [5.74, 6) is -0.0840. The van der Waals surface area contributed by atoms with Crippen LogP contribution in [0.5, 0.6) is 11.5 Å². The summed E-state index contributed by atoms with van der Waals surface area (Å²) in [4.78, 5) is 31.7. The molecule has 0 saturated carbocycles. The van der Waals surface area contributed by atoms with Gasteiger partial charge in [-0.3, -0.25) is 14.3 Å². The molecule has 1 saturated heterocycles. The number of carbonyl (C=O) groups is 2. The maximum atomic E-state index is 15.3. The molecule has 1 fully saturated rings. The Bertz CT molecular complexity index is 1370. The number of nitrogens with one attached hydrogen (secondary N) is 1. The lowest BCUT2D eigenvalue weighted by molar-refractivity contribution is 0.0797. The maximum Gasteiger partial charge on any atom is 0.325 e. The lowest BCUT2D eigenvalue weighted by Crippen LogP contribution is -2.26. The van der Waals surface area contributed by atoms with Gasteiger partial charge in [0.05, 0.1) is 20.6 Å². The molecule has 1 aliphatic rings. The van der Waals surface area contributed by atoms with Gasteiger partial charge in [0.1, 0.15) is 5.75 Å². The lowest BCUT2D eigenvalue weighted by atomic mass is 10.2. The first-order chi connectivity index (χ1) is 15.5. The summed E-state index contributed by atoms with van der Waals surface area (Å²) in [6.45, 7) is 3.28. The third kappa shape index (κ3) is 3.29. The third-order valence-corrected chi connectivity index (χ3v) is 6.81. The number of nitrogens with zero attached hydrogens (tertiary/aromatic N) is 3. The van der Waals surface area contributed by atoms with E-state index in [1.165, 1.54) is 29.0 Å². The van der Waals surface area contributed by atoms with Crippen molar-refractivity contribution < 1.29 is 18.7 Å². The zero-order valence-corrected chi connectivity index (χ0v) is 18.5. The quantitative estimate of drug-likeness (QED) is 0.479. The second-order valence-corrected chi connectivity index (χ2v) is 8.77. The average molecular weight is 453 g/mol. The van der Waals surface area contributed by atoms with Gasteiger partial charge in [0.2, 0.25) is 0 Å². The van der Waals surface area contributed by atoms with Crippen LogP contribution in [0.4, 0.5) is 9.18 Å². The monoisotopic (exact) mass is 452 g/mol. The zero-order valence-electron chi connectivity index (χ0n) is 17.6. The molecule has 5 rings (SSSR count). The molecule has 1 aromatic carbocycles. The van der Waals surface area contributed by atoms with Gasteiger partial charge in [0, 0.05) is 43.5 Å². The first-order valence-corrected chi connectivity index (χ1v) is 11.2. The summed E-state index contributed by atoms with van der Waals surface area (Å²) in [6.07, 6.45) is 3.62. The smallest absolute Gasteiger partial charge is 0.325 e. The van der Waals surface area contributed by atoms with Gasteiger partial charge in [-0.1, -0.05) is 0 Å². The van der Waals surface area contributed by atoms with Crippen molar-refractivity contribution in [2.75, 3.05) is 20.1 Å². The van der Waals surface area contributed by atoms with Crippen LogP contribution in [0.25, 0.3) is 21.1 Å². The van der Waals surface area contributed by atoms with Crippen LogP contribution in [0.15, 0.2) is 36.5 Å². The molecule has 1 N–H and O–H groups in total. The molecule has 0 spiro atoms. The van der Waals surface area contributed by atoms with E-state index >= 15 is 4.39 Å². The fraction of sp³-hybridized carbons (Fsp3) is 0.261. The normalized spacial score (nSPS) is 13.8. The number of fused-ring (bicyclic) bond motifs is 2. The average Bonchev–Trinajstić information content (AvgIpc) is 3.53. The van der Waals surface area contributed by atoms with Crippen LogP contribution in [0.2, 0.25) is 0 Å².